The Labute approximate surface area is 422 Å². The predicted octanol–water partition coefficient (Wildman–Crippen LogP) is 14.7. The van der Waals surface area contributed by atoms with Crippen molar-refractivity contribution in [1.29, 1.82) is 0 Å². The number of ether oxygens (including phenoxy) is 1. The average molecular weight is 1080 g/mol. The van der Waals surface area contributed by atoms with Gasteiger partial charge in [0.1, 0.15) is 5.82 Å². The number of fused-ring (bicyclic) bond motifs is 3. The molecule has 0 aliphatic heterocycles. The SMILES string of the molecule is CC(C)(C)c1ccnc(-n2c3[c-]c(Oc4[c-]c(-n5[c-][n+](-c6cc(C(C)(C)c7ccccc7)cc(C(C)(C)c7ccccc7)c6)cc5)ccc4)ccc3c3cc(C(C)(C)c4ccccc4)ccc32)c1.[Pt]. The van der Waals surface area contributed by atoms with Crippen LogP contribution >= 0.6 is 0 Å². The molecule has 0 radical (unpaired) electrons. The van der Waals surface area contributed by atoms with Crippen LogP contribution in [0.25, 0.3) is 39.0 Å². The number of hydrogen-bond acceptors (Lipinski definition) is 2. The molecule has 0 saturated heterocycles. The van der Waals surface area contributed by atoms with Gasteiger partial charge in [-0.15, -0.1) is 29.7 Å². The molecule has 6 heteroatoms. The molecule has 0 aliphatic carbocycles. The molecule has 5 nitrogen and oxygen atoms in total. The molecule has 69 heavy (non-hydrogen) atoms. The van der Waals surface area contributed by atoms with Gasteiger partial charge in [-0.3, -0.25) is 4.57 Å². The molecule has 0 atom stereocenters. The summed E-state index contributed by atoms with van der Waals surface area (Å²) in [5, 5.41) is 2.22. The summed E-state index contributed by atoms with van der Waals surface area (Å²) < 4.78 is 12.9. The van der Waals surface area contributed by atoms with Crippen molar-refractivity contribution in [3.8, 4) is 28.7 Å². The molecule has 3 aromatic heterocycles. The number of hydrogen-bond donors (Lipinski definition) is 0. The summed E-state index contributed by atoms with van der Waals surface area (Å²) in [6.07, 6.45) is 9.60. The smallest absolute Gasteiger partial charge is 0.267 e. The maximum absolute atomic E-state index is 6.65. The van der Waals surface area contributed by atoms with Crippen LogP contribution in [0.4, 0.5) is 0 Å². The monoisotopic (exact) mass is 1080 g/mol. The van der Waals surface area contributed by atoms with Crippen molar-refractivity contribution in [2.45, 2.75) is 84.0 Å². The predicted molar refractivity (Wildman–Crippen MR) is 277 cm³/mol. The maximum Gasteiger partial charge on any atom is 0.267 e. The number of pyridine rings is 1. The summed E-state index contributed by atoms with van der Waals surface area (Å²) in [6, 6.07) is 67.7. The number of nitrogens with zero attached hydrogens (tertiary/aromatic N) is 4. The van der Waals surface area contributed by atoms with Gasteiger partial charge in [0.2, 0.25) is 0 Å². The second kappa shape index (κ2) is 18.3. The summed E-state index contributed by atoms with van der Waals surface area (Å²) in [5.41, 5.74) is 11.8. The summed E-state index contributed by atoms with van der Waals surface area (Å²) >= 11 is 0. The van der Waals surface area contributed by atoms with Crippen LogP contribution < -0.4 is 9.30 Å². The molecule has 0 fully saturated rings. The molecule has 0 bridgehead atoms. The van der Waals surface area contributed by atoms with Crippen molar-refractivity contribution in [1.82, 2.24) is 14.1 Å². The van der Waals surface area contributed by atoms with E-state index in [1.807, 2.05) is 41.2 Å². The van der Waals surface area contributed by atoms with E-state index >= 15 is 0 Å². The minimum atomic E-state index is -0.245. The van der Waals surface area contributed by atoms with E-state index in [2.05, 4.69) is 242 Å². The van der Waals surface area contributed by atoms with Crippen molar-refractivity contribution in [2.24, 2.45) is 0 Å². The van der Waals surface area contributed by atoms with Crippen LogP contribution in [0.5, 0.6) is 11.5 Å². The van der Waals surface area contributed by atoms with Gasteiger partial charge >= 0.3 is 0 Å². The Kier molecular flexibility index (Phi) is 12.5. The first kappa shape index (κ1) is 47.3. The van der Waals surface area contributed by atoms with E-state index in [4.69, 9.17) is 9.72 Å². The van der Waals surface area contributed by atoms with Gasteiger partial charge in [0.25, 0.3) is 6.33 Å². The van der Waals surface area contributed by atoms with Crippen LogP contribution in [0, 0.1) is 18.5 Å². The Balaban J connectivity index is 0.00000593. The van der Waals surface area contributed by atoms with Crippen LogP contribution in [-0.2, 0) is 42.7 Å². The van der Waals surface area contributed by atoms with Crippen molar-refractivity contribution in [2.75, 3.05) is 0 Å². The van der Waals surface area contributed by atoms with Gasteiger partial charge in [0, 0.05) is 72.9 Å². The quantitative estimate of drug-likeness (QED) is 0.0956. The zero-order valence-electron chi connectivity index (χ0n) is 40.9. The average Bonchev–Trinajstić information content (AvgIpc) is 3.98. The van der Waals surface area contributed by atoms with Crippen LogP contribution in [0.15, 0.2) is 188 Å². The summed E-state index contributed by atoms with van der Waals surface area (Å²) in [5.74, 6) is 2.01. The van der Waals surface area contributed by atoms with Crippen molar-refractivity contribution in [3.63, 3.8) is 0 Å². The first-order chi connectivity index (χ1) is 32.6. The molecular formula is C63H58N4OPt-2. The number of imidazole rings is 1. The number of rotatable bonds is 11. The van der Waals surface area contributed by atoms with Crippen LogP contribution in [0.1, 0.15) is 101 Å². The summed E-state index contributed by atoms with van der Waals surface area (Å²) in [7, 11) is 0. The largest absolute Gasteiger partial charge is 0.510 e. The van der Waals surface area contributed by atoms with Crippen LogP contribution in [0.2, 0.25) is 0 Å². The third kappa shape index (κ3) is 9.02. The van der Waals surface area contributed by atoms with E-state index in [0.717, 1.165) is 39.0 Å². The van der Waals surface area contributed by atoms with E-state index in [9.17, 15) is 0 Å². The molecule has 7 aromatic carbocycles. The molecule has 0 spiro atoms. The van der Waals surface area contributed by atoms with Gasteiger partial charge in [-0.1, -0.05) is 177 Å². The van der Waals surface area contributed by atoms with Gasteiger partial charge in [-0.25, -0.2) is 4.98 Å². The van der Waals surface area contributed by atoms with Gasteiger partial charge in [0.05, 0.1) is 5.69 Å². The van der Waals surface area contributed by atoms with E-state index in [1.165, 1.54) is 38.9 Å². The molecular weight excluding hydrogens is 1020 g/mol. The fourth-order valence-electron chi connectivity index (χ4n) is 9.50. The second-order valence-corrected chi connectivity index (χ2v) is 20.7. The zero-order valence-corrected chi connectivity index (χ0v) is 43.2. The third-order valence-corrected chi connectivity index (χ3v) is 14.2. The van der Waals surface area contributed by atoms with E-state index in [-0.39, 0.29) is 42.7 Å². The summed E-state index contributed by atoms with van der Waals surface area (Å²) in [4.78, 5) is 4.95. The van der Waals surface area contributed by atoms with E-state index < -0.39 is 0 Å². The Morgan fingerprint density at radius 1 is 0.493 bits per heavy atom. The topological polar surface area (TPSA) is 35.9 Å². The third-order valence-electron chi connectivity index (χ3n) is 14.2. The zero-order chi connectivity index (χ0) is 47.4. The number of benzene rings is 7. The molecule has 10 rings (SSSR count). The molecule has 0 saturated carbocycles. The van der Waals surface area contributed by atoms with Gasteiger partial charge in [-0.05, 0) is 85.8 Å². The first-order valence-electron chi connectivity index (χ1n) is 23.6. The normalized spacial score (nSPS) is 12.3. The maximum atomic E-state index is 6.65. The molecule has 0 N–H and O–H groups in total. The fraction of sp³-hybridized carbons (Fsp3) is 0.206. The van der Waals surface area contributed by atoms with Crippen molar-refractivity contribution in [3.05, 3.63) is 246 Å². The first-order valence-corrected chi connectivity index (χ1v) is 23.6. The molecule has 0 aliphatic rings. The Morgan fingerprint density at radius 2 is 1.07 bits per heavy atom. The standard InChI is InChI=1S/C63H58N4O.Pt/c1-60(2,3)47-32-33-64-59(40-47)67-57-31-28-48(61(4,5)44-20-13-10-14-21-44)39-56(57)55-30-29-54(42-58(55)67)68-53-27-19-26-51(41-53)65-34-35-66(43-65)52-37-49(62(6,7)45-22-15-11-16-23-45)36-50(38-52)63(8,9)46-24-17-12-18-25-46;/h10-40H,1-9H3;/q-2;. The minimum Gasteiger partial charge on any atom is -0.510 e. The molecule has 0 amide bonds. The Bertz CT molecular complexity index is 3360. The second-order valence-electron chi connectivity index (χ2n) is 20.7. The summed E-state index contributed by atoms with van der Waals surface area (Å²) in [6.45, 7) is 20.5. The molecule has 10 aromatic rings. The fourth-order valence-corrected chi connectivity index (χ4v) is 9.50. The van der Waals surface area contributed by atoms with Crippen LogP contribution in [0.3, 0.4) is 0 Å². The Hall–Kier alpha value is -6.81. The van der Waals surface area contributed by atoms with Crippen molar-refractivity contribution < 1.29 is 30.4 Å². The molecule has 348 valence electrons. The minimum absolute atomic E-state index is 0. The van der Waals surface area contributed by atoms with E-state index in [0.29, 0.717) is 11.5 Å². The Morgan fingerprint density at radius 3 is 1.67 bits per heavy atom. The van der Waals surface area contributed by atoms with E-state index in [1.54, 1.807) is 0 Å². The number of aromatic nitrogens is 4. The van der Waals surface area contributed by atoms with Crippen LogP contribution in [-0.4, -0.2) is 14.1 Å². The van der Waals surface area contributed by atoms with Gasteiger partial charge in [-0.2, -0.15) is 18.2 Å². The van der Waals surface area contributed by atoms with Gasteiger partial charge < -0.3 is 13.9 Å². The van der Waals surface area contributed by atoms with Crippen molar-refractivity contribution >= 4 is 21.8 Å². The molecule has 0 unspecified atom stereocenters. The molecule has 3 heterocycles. The van der Waals surface area contributed by atoms with Gasteiger partial charge in [0.15, 0.2) is 0 Å².